The number of imidazole rings is 1. The third-order valence-corrected chi connectivity index (χ3v) is 2.27. The van der Waals surface area contributed by atoms with Gasteiger partial charge in [-0.25, -0.2) is 9.37 Å². The number of nitrogens with one attached hydrogen (secondary N) is 2. The summed E-state index contributed by atoms with van der Waals surface area (Å²) >= 11 is 0. The highest BCUT2D eigenvalue weighted by Gasteiger charge is 2.09. The second kappa shape index (κ2) is 4.32. The molecule has 17 heavy (non-hydrogen) atoms. The molecule has 2 rings (SSSR count). The molecule has 0 spiro atoms. The first-order valence-electron chi connectivity index (χ1n) is 5.03. The lowest BCUT2D eigenvalue weighted by atomic mass is 10.3. The van der Waals surface area contributed by atoms with Crippen molar-refractivity contribution in [3.05, 3.63) is 29.8 Å². The predicted molar refractivity (Wildman–Crippen MR) is 64.0 cm³/mol. The van der Waals surface area contributed by atoms with Crippen LogP contribution in [-0.4, -0.2) is 17.1 Å². The van der Waals surface area contributed by atoms with Crippen LogP contribution in [0.5, 0.6) is 5.75 Å². The Hall–Kier alpha value is -2.24. The van der Waals surface area contributed by atoms with Crippen LogP contribution in [0, 0.1) is 12.7 Å². The van der Waals surface area contributed by atoms with Gasteiger partial charge in [-0.3, -0.25) is 0 Å². The number of nitrogens with zero attached hydrogens (tertiary/aromatic N) is 1. The molecule has 0 saturated heterocycles. The molecule has 1 heterocycles. The van der Waals surface area contributed by atoms with Gasteiger partial charge in [0.2, 0.25) is 0 Å². The minimum absolute atomic E-state index is 0.362. The highest BCUT2D eigenvalue weighted by atomic mass is 19.1. The molecule has 0 fully saturated rings. The zero-order chi connectivity index (χ0) is 12.4. The van der Waals surface area contributed by atoms with E-state index in [1.54, 1.807) is 13.0 Å². The Morgan fingerprint density at radius 1 is 1.47 bits per heavy atom. The number of halogens is 1. The van der Waals surface area contributed by atoms with E-state index in [9.17, 15) is 4.39 Å². The first kappa shape index (κ1) is 11.3. The van der Waals surface area contributed by atoms with Crippen LogP contribution in [0.25, 0.3) is 0 Å². The fourth-order valence-electron chi connectivity index (χ4n) is 1.50. The number of hydrogen-bond donors (Lipinski definition) is 3. The summed E-state index contributed by atoms with van der Waals surface area (Å²) in [6.45, 7) is 1.80. The average molecular weight is 236 g/mol. The summed E-state index contributed by atoms with van der Waals surface area (Å²) in [4.78, 5) is 7.03. The zero-order valence-corrected chi connectivity index (χ0v) is 9.54. The lowest BCUT2D eigenvalue weighted by Crippen LogP contribution is -1.98. The summed E-state index contributed by atoms with van der Waals surface area (Å²) in [5, 5.41) is 2.98. The Morgan fingerprint density at radius 2 is 2.24 bits per heavy atom. The van der Waals surface area contributed by atoms with Gasteiger partial charge in [-0.1, -0.05) is 0 Å². The summed E-state index contributed by atoms with van der Waals surface area (Å²) in [5.41, 5.74) is 6.32. The number of nitrogen functional groups attached to an aromatic ring is 1. The first-order valence-corrected chi connectivity index (χ1v) is 5.03. The molecule has 0 saturated carbocycles. The number of hydrogen-bond acceptors (Lipinski definition) is 4. The van der Waals surface area contributed by atoms with Crippen molar-refractivity contribution in [1.82, 2.24) is 9.97 Å². The molecule has 4 N–H and O–H groups in total. The molecule has 2 aromatic rings. The molecular weight excluding hydrogens is 223 g/mol. The first-order chi connectivity index (χ1) is 8.10. The fraction of sp³-hybridized carbons (Fsp3) is 0.182. The van der Waals surface area contributed by atoms with Crippen LogP contribution >= 0.6 is 0 Å². The molecule has 6 heteroatoms. The molecule has 0 aliphatic heterocycles. The molecular formula is C11H13FN4O. The van der Waals surface area contributed by atoms with E-state index in [4.69, 9.17) is 10.5 Å². The van der Waals surface area contributed by atoms with Crippen LogP contribution in [0.1, 0.15) is 5.82 Å². The van der Waals surface area contributed by atoms with E-state index >= 15 is 0 Å². The molecule has 5 nitrogen and oxygen atoms in total. The number of nitrogens with two attached hydrogens (primary N) is 1. The number of methoxy groups -OCH3 is 1. The second-order valence-electron chi connectivity index (χ2n) is 3.55. The van der Waals surface area contributed by atoms with E-state index in [-0.39, 0.29) is 5.82 Å². The predicted octanol–water partition coefficient (Wildman–Crippen LogP) is 2.19. The Morgan fingerprint density at radius 3 is 2.82 bits per heavy atom. The third-order valence-electron chi connectivity index (χ3n) is 2.27. The number of H-pyrrole nitrogens is 1. The standard InChI is InChI=1S/C11H13FN4O/c1-6-14-10(13)11(15-6)16-8-4-3-7(12)5-9(8)17-2/h3-5,16H,13H2,1-2H3,(H,14,15). The number of benzene rings is 1. The van der Waals surface area contributed by atoms with E-state index in [0.29, 0.717) is 28.9 Å². The molecule has 0 radical (unpaired) electrons. The number of rotatable bonds is 3. The van der Waals surface area contributed by atoms with Crippen molar-refractivity contribution in [2.45, 2.75) is 6.92 Å². The Bertz CT molecular complexity index is 538. The second-order valence-corrected chi connectivity index (χ2v) is 3.55. The van der Waals surface area contributed by atoms with Crippen molar-refractivity contribution in [2.24, 2.45) is 0 Å². The lowest BCUT2D eigenvalue weighted by Gasteiger charge is -2.09. The molecule has 0 atom stereocenters. The third kappa shape index (κ3) is 2.30. The maximum absolute atomic E-state index is 13.0. The highest BCUT2D eigenvalue weighted by Crippen LogP contribution is 2.29. The SMILES string of the molecule is COc1cc(F)ccc1Nc1nc(C)[nH]c1N. The number of aromatic amines is 1. The van der Waals surface area contributed by atoms with Gasteiger partial charge in [-0.05, 0) is 19.1 Å². The largest absolute Gasteiger partial charge is 0.494 e. The van der Waals surface area contributed by atoms with E-state index in [1.165, 1.54) is 19.2 Å². The molecule has 1 aromatic carbocycles. The van der Waals surface area contributed by atoms with Gasteiger partial charge >= 0.3 is 0 Å². The molecule has 90 valence electrons. The lowest BCUT2D eigenvalue weighted by molar-refractivity contribution is 0.413. The van der Waals surface area contributed by atoms with Crippen molar-refractivity contribution < 1.29 is 9.13 Å². The van der Waals surface area contributed by atoms with Crippen LogP contribution in [0.4, 0.5) is 21.7 Å². The minimum Gasteiger partial charge on any atom is -0.494 e. The van der Waals surface area contributed by atoms with Gasteiger partial charge in [-0.15, -0.1) is 0 Å². The highest BCUT2D eigenvalue weighted by molar-refractivity contribution is 5.70. The Balaban J connectivity index is 2.32. The summed E-state index contributed by atoms with van der Waals surface area (Å²) in [5.74, 6) is 1.65. The molecule has 0 aliphatic carbocycles. The van der Waals surface area contributed by atoms with Crippen LogP contribution in [0.2, 0.25) is 0 Å². The van der Waals surface area contributed by atoms with Crippen molar-refractivity contribution in [1.29, 1.82) is 0 Å². The van der Waals surface area contributed by atoms with Gasteiger partial charge in [0, 0.05) is 6.07 Å². The average Bonchev–Trinajstić information content (AvgIpc) is 2.60. The monoisotopic (exact) mass is 236 g/mol. The van der Waals surface area contributed by atoms with Crippen molar-refractivity contribution in [3.63, 3.8) is 0 Å². The topological polar surface area (TPSA) is 76.0 Å². The number of ether oxygens (including phenoxy) is 1. The van der Waals surface area contributed by atoms with Gasteiger partial charge in [-0.2, -0.15) is 0 Å². The van der Waals surface area contributed by atoms with Crippen molar-refractivity contribution in [2.75, 3.05) is 18.2 Å². The fourth-order valence-corrected chi connectivity index (χ4v) is 1.50. The number of anilines is 3. The maximum atomic E-state index is 13.0. The van der Waals surface area contributed by atoms with Gasteiger partial charge in [0.15, 0.2) is 5.82 Å². The van der Waals surface area contributed by atoms with E-state index in [0.717, 1.165) is 0 Å². The van der Waals surface area contributed by atoms with Gasteiger partial charge in [0.1, 0.15) is 23.2 Å². The van der Waals surface area contributed by atoms with Crippen LogP contribution in [0.3, 0.4) is 0 Å². The summed E-state index contributed by atoms with van der Waals surface area (Å²) in [7, 11) is 1.47. The van der Waals surface area contributed by atoms with Crippen molar-refractivity contribution >= 4 is 17.3 Å². The van der Waals surface area contributed by atoms with E-state index < -0.39 is 0 Å². The normalized spacial score (nSPS) is 10.3. The van der Waals surface area contributed by atoms with Gasteiger partial charge in [0.25, 0.3) is 0 Å². The van der Waals surface area contributed by atoms with Gasteiger partial charge in [0.05, 0.1) is 12.8 Å². The van der Waals surface area contributed by atoms with Crippen LogP contribution < -0.4 is 15.8 Å². The Labute approximate surface area is 97.8 Å². The zero-order valence-electron chi connectivity index (χ0n) is 9.54. The minimum atomic E-state index is -0.362. The van der Waals surface area contributed by atoms with Crippen molar-refractivity contribution in [3.8, 4) is 5.75 Å². The molecule has 0 bridgehead atoms. The van der Waals surface area contributed by atoms with Crippen LogP contribution in [0.15, 0.2) is 18.2 Å². The van der Waals surface area contributed by atoms with E-state index in [1.807, 2.05) is 0 Å². The summed E-state index contributed by atoms with van der Waals surface area (Å²) in [6, 6.07) is 4.19. The molecule has 1 aromatic heterocycles. The Kier molecular flexibility index (Phi) is 2.86. The quantitative estimate of drug-likeness (QED) is 0.763. The number of aryl methyl sites for hydroxylation is 1. The maximum Gasteiger partial charge on any atom is 0.173 e. The summed E-state index contributed by atoms with van der Waals surface area (Å²) < 4.78 is 18.1. The number of aromatic nitrogens is 2. The molecule has 0 amide bonds. The van der Waals surface area contributed by atoms with Gasteiger partial charge < -0.3 is 20.8 Å². The van der Waals surface area contributed by atoms with E-state index in [2.05, 4.69) is 15.3 Å². The molecule has 0 unspecified atom stereocenters. The van der Waals surface area contributed by atoms with Crippen LogP contribution in [-0.2, 0) is 0 Å². The smallest absolute Gasteiger partial charge is 0.173 e. The molecule has 0 aliphatic rings. The summed E-state index contributed by atoms with van der Waals surface area (Å²) in [6.07, 6.45) is 0.